The summed E-state index contributed by atoms with van der Waals surface area (Å²) in [7, 11) is 0. The zero-order valence-electron chi connectivity index (χ0n) is 14.4. The highest BCUT2D eigenvalue weighted by Gasteiger charge is 2.20. The normalized spacial score (nSPS) is 16.1. The molecule has 1 saturated heterocycles. The van der Waals surface area contributed by atoms with Gasteiger partial charge in [0.1, 0.15) is 0 Å². The predicted molar refractivity (Wildman–Crippen MR) is 106 cm³/mol. The minimum Gasteiger partial charge on any atom is -0.350 e. The summed E-state index contributed by atoms with van der Waals surface area (Å²) in [5.74, 6) is -0.107. The van der Waals surface area contributed by atoms with Crippen molar-refractivity contribution in [1.29, 1.82) is 0 Å². The molecule has 2 heterocycles. The second-order valence-electron chi connectivity index (χ2n) is 6.36. The minimum absolute atomic E-state index is 0.107. The Morgan fingerprint density at radius 2 is 2.00 bits per heavy atom. The number of benzene rings is 1. The number of nitrogens with one attached hydrogen (secondary N) is 1. The van der Waals surface area contributed by atoms with Gasteiger partial charge in [-0.2, -0.15) is 0 Å². The van der Waals surface area contributed by atoms with E-state index in [1.54, 1.807) is 12.1 Å². The fourth-order valence-electron chi connectivity index (χ4n) is 3.02. The van der Waals surface area contributed by atoms with Gasteiger partial charge in [-0.15, -0.1) is 0 Å². The average Bonchev–Trinajstić information content (AvgIpc) is 2.65. The predicted octanol–water partition coefficient (Wildman–Crippen LogP) is 4.18. The summed E-state index contributed by atoms with van der Waals surface area (Å²) < 4.78 is 0. The van der Waals surface area contributed by atoms with E-state index in [0.29, 0.717) is 10.0 Å². The highest BCUT2D eigenvalue weighted by Crippen LogP contribution is 2.26. The number of pyridine rings is 1. The summed E-state index contributed by atoms with van der Waals surface area (Å²) >= 11 is 12.1. The van der Waals surface area contributed by atoms with Crippen molar-refractivity contribution >= 4 is 35.2 Å². The van der Waals surface area contributed by atoms with E-state index >= 15 is 0 Å². The van der Waals surface area contributed by atoms with Crippen LogP contribution in [-0.4, -0.2) is 34.9 Å². The smallest absolute Gasteiger partial charge is 0.244 e. The zero-order chi connectivity index (χ0) is 18.4. The molecule has 3 rings (SSSR count). The molecule has 136 valence electrons. The van der Waals surface area contributed by atoms with Crippen LogP contribution in [0, 0.1) is 0 Å². The molecule has 0 radical (unpaired) electrons. The first kappa shape index (κ1) is 18.9. The Kier molecular flexibility index (Phi) is 6.67. The Morgan fingerprint density at radius 3 is 2.73 bits per heavy atom. The Bertz CT molecular complexity index is 772. The van der Waals surface area contributed by atoms with E-state index in [1.807, 2.05) is 36.5 Å². The van der Waals surface area contributed by atoms with Crippen molar-refractivity contribution in [2.75, 3.05) is 13.1 Å². The van der Waals surface area contributed by atoms with Gasteiger partial charge in [-0.3, -0.25) is 14.7 Å². The van der Waals surface area contributed by atoms with E-state index < -0.39 is 0 Å². The Labute approximate surface area is 163 Å². The molecule has 4 nitrogen and oxygen atoms in total. The Hall–Kier alpha value is -1.88. The maximum absolute atomic E-state index is 12.2. The largest absolute Gasteiger partial charge is 0.350 e. The van der Waals surface area contributed by atoms with Crippen LogP contribution in [0.5, 0.6) is 0 Å². The van der Waals surface area contributed by atoms with Crippen molar-refractivity contribution in [2.24, 2.45) is 0 Å². The lowest BCUT2D eigenvalue weighted by molar-refractivity contribution is -0.117. The van der Waals surface area contributed by atoms with Crippen molar-refractivity contribution in [2.45, 2.75) is 25.4 Å². The van der Waals surface area contributed by atoms with Gasteiger partial charge in [-0.1, -0.05) is 41.4 Å². The molecule has 1 fully saturated rings. The number of hydrogen-bond acceptors (Lipinski definition) is 3. The lowest BCUT2D eigenvalue weighted by Gasteiger charge is -2.31. The molecule has 0 saturated carbocycles. The summed E-state index contributed by atoms with van der Waals surface area (Å²) in [6.45, 7) is 2.76. The van der Waals surface area contributed by atoms with E-state index in [-0.39, 0.29) is 11.9 Å². The maximum Gasteiger partial charge on any atom is 0.244 e. The van der Waals surface area contributed by atoms with E-state index in [1.165, 1.54) is 6.08 Å². The van der Waals surface area contributed by atoms with E-state index in [4.69, 9.17) is 23.2 Å². The molecule has 1 amide bonds. The molecule has 0 spiro atoms. The molecule has 1 aromatic heterocycles. The lowest BCUT2D eigenvalue weighted by Crippen LogP contribution is -2.43. The van der Waals surface area contributed by atoms with E-state index in [9.17, 15) is 4.79 Å². The molecule has 6 heteroatoms. The molecule has 1 N–H and O–H groups in total. The van der Waals surface area contributed by atoms with Crippen molar-refractivity contribution in [3.63, 3.8) is 0 Å². The van der Waals surface area contributed by atoms with Crippen LogP contribution in [-0.2, 0) is 11.3 Å². The first-order valence-corrected chi connectivity index (χ1v) is 9.42. The van der Waals surface area contributed by atoms with Gasteiger partial charge in [0.05, 0.1) is 15.7 Å². The number of likely N-dealkylation sites (tertiary alicyclic amines) is 1. The molecular weight excluding hydrogens is 369 g/mol. The monoisotopic (exact) mass is 389 g/mol. The van der Waals surface area contributed by atoms with Crippen LogP contribution in [0.4, 0.5) is 0 Å². The molecule has 26 heavy (non-hydrogen) atoms. The summed E-state index contributed by atoms with van der Waals surface area (Å²) in [4.78, 5) is 18.9. The second-order valence-corrected chi connectivity index (χ2v) is 7.14. The molecule has 2 aromatic rings. The second kappa shape index (κ2) is 9.17. The van der Waals surface area contributed by atoms with Gasteiger partial charge in [0.15, 0.2) is 0 Å². The molecule has 0 atom stereocenters. The minimum atomic E-state index is -0.107. The number of carbonyl (C=O) groups excluding carboxylic acids is 1. The fraction of sp³-hybridized carbons (Fsp3) is 0.300. The summed E-state index contributed by atoms with van der Waals surface area (Å²) in [5.41, 5.74) is 1.82. The van der Waals surface area contributed by atoms with Crippen molar-refractivity contribution in [1.82, 2.24) is 15.2 Å². The van der Waals surface area contributed by atoms with Crippen LogP contribution < -0.4 is 5.32 Å². The first-order valence-electron chi connectivity index (χ1n) is 8.66. The fourth-order valence-corrected chi connectivity index (χ4v) is 3.39. The topological polar surface area (TPSA) is 45.2 Å². The van der Waals surface area contributed by atoms with Crippen LogP contribution in [0.25, 0.3) is 6.08 Å². The van der Waals surface area contributed by atoms with Gasteiger partial charge in [0.2, 0.25) is 5.91 Å². The summed E-state index contributed by atoms with van der Waals surface area (Å²) in [5, 5.41) is 4.00. The molecule has 0 bridgehead atoms. The quantitative estimate of drug-likeness (QED) is 0.779. The maximum atomic E-state index is 12.2. The van der Waals surface area contributed by atoms with Crippen molar-refractivity contribution in [3.05, 3.63) is 70.0 Å². The van der Waals surface area contributed by atoms with Crippen LogP contribution in [0.2, 0.25) is 10.0 Å². The highest BCUT2D eigenvalue weighted by molar-refractivity contribution is 6.42. The first-order chi connectivity index (χ1) is 12.6. The average molecular weight is 390 g/mol. The van der Waals surface area contributed by atoms with Crippen molar-refractivity contribution < 1.29 is 4.79 Å². The number of nitrogens with zero attached hydrogens (tertiary/aromatic N) is 2. The number of aromatic nitrogens is 1. The molecule has 1 aliphatic rings. The summed E-state index contributed by atoms with van der Waals surface area (Å²) in [6.07, 6.45) is 6.90. The number of halogens is 2. The highest BCUT2D eigenvalue weighted by atomic mass is 35.5. The lowest BCUT2D eigenvalue weighted by atomic mass is 10.0. The molecule has 1 aliphatic heterocycles. The van der Waals surface area contributed by atoms with Gasteiger partial charge < -0.3 is 5.32 Å². The molecule has 0 unspecified atom stereocenters. The molecule has 1 aromatic carbocycles. The van der Waals surface area contributed by atoms with Crippen molar-refractivity contribution in [3.8, 4) is 0 Å². The third-order valence-corrected chi connectivity index (χ3v) is 5.27. The third kappa shape index (κ3) is 5.31. The number of rotatable bonds is 5. The molecular formula is C20H21Cl2N3O. The number of piperidine rings is 1. The van der Waals surface area contributed by atoms with E-state index in [2.05, 4.69) is 15.2 Å². The van der Waals surface area contributed by atoms with E-state index in [0.717, 1.165) is 43.7 Å². The van der Waals surface area contributed by atoms with Crippen LogP contribution in [0.3, 0.4) is 0 Å². The van der Waals surface area contributed by atoms with Gasteiger partial charge in [0, 0.05) is 37.9 Å². The summed E-state index contributed by atoms with van der Waals surface area (Å²) in [6, 6.07) is 11.5. The van der Waals surface area contributed by atoms with Crippen LogP contribution in [0.1, 0.15) is 24.1 Å². The molecule has 0 aliphatic carbocycles. The standard InChI is InChI=1S/C20H21Cl2N3O/c21-18-6-3-4-15(20(18)22)7-8-19(26)24-16-9-12-25(13-10-16)14-17-5-1-2-11-23-17/h1-8,11,16H,9-10,12-14H2,(H,24,26). The Balaban J connectivity index is 1.46. The van der Waals surface area contributed by atoms with Gasteiger partial charge in [-0.05, 0) is 42.7 Å². The van der Waals surface area contributed by atoms with Crippen LogP contribution in [0.15, 0.2) is 48.7 Å². The zero-order valence-corrected chi connectivity index (χ0v) is 15.9. The number of amides is 1. The SMILES string of the molecule is O=C(C=Cc1cccc(Cl)c1Cl)NC1CCN(Cc2ccccn2)CC1. The van der Waals surface area contributed by atoms with Gasteiger partial charge >= 0.3 is 0 Å². The van der Waals surface area contributed by atoms with Crippen LogP contribution >= 0.6 is 23.2 Å². The number of carbonyl (C=O) groups is 1. The van der Waals surface area contributed by atoms with Gasteiger partial charge in [0.25, 0.3) is 0 Å². The Morgan fingerprint density at radius 1 is 1.19 bits per heavy atom. The third-order valence-electron chi connectivity index (χ3n) is 4.44. The van der Waals surface area contributed by atoms with Gasteiger partial charge in [-0.25, -0.2) is 0 Å². The number of hydrogen-bond donors (Lipinski definition) is 1.